The van der Waals surface area contributed by atoms with Crippen molar-refractivity contribution in [3.8, 4) is 5.75 Å². The van der Waals surface area contributed by atoms with Gasteiger partial charge in [0, 0.05) is 33.6 Å². The van der Waals surface area contributed by atoms with Gasteiger partial charge in [0.1, 0.15) is 16.9 Å². The molecule has 1 amide bonds. The largest absolute Gasteiger partial charge is 0.492 e. The van der Waals surface area contributed by atoms with E-state index < -0.39 is 0 Å². The maximum Gasteiger partial charge on any atom is 0.306 e. The first-order valence-electron chi connectivity index (χ1n) is 9.05. The van der Waals surface area contributed by atoms with Crippen molar-refractivity contribution in [1.29, 1.82) is 0 Å². The fourth-order valence-electron chi connectivity index (χ4n) is 2.76. The van der Waals surface area contributed by atoms with E-state index in [0.29, 0.717) is 35.4 Å². The van der Waals surface area contributed by atoms with Crippen LogP contribution in [0.5, 0.6) is 5.75 Å². The molecule has 0 spiro atoms. The maximum atomic E-state index is 12.0. The number of carbonyl (C=O) groups excluding carboxylic acids is 2. The van der Waals surface area contributed by atoms with E-state index in [4.69, 9.17) is 32.7 Å². The summed E-state index contributed by atoms with van der Waals surface area (Å²) in [5.74, 6) is 0.376. The summed E-state index contributed by atoms with van der Waals surface area (Å²) in [5, 5.41) is 0.813. The Bertz CT molecular complexity index is 647. The number of likely N-dealkylation sites (tertiary alicyclic amines) is 1. The highest BCUT2D eigenvalue weighted by molar-refractivity contribution is 6.42. The zero-order chi connectivity index (χ0) is 19.8. The third-order valence-electron chi connectivity index (χ3n) is 4.39. The second-order valence-corrected chi connectivity index (χ2v) is 7.54. The molecule has 0 aromatic heterocycles. The molecule has 0 bridgehead atoms. The third-order valence-corrected chi connectivity index (χ3v) is 5.19. The fraction of sp³-hybridized carbons (Fsp3) is 0.579. The number of carbonyl (C=O) groups is 2. The van der Waals surface area contributed by atoms with E-state index in [0.717, 1.165) is 25.9 Å². The monoisotopic (exact) mass is 416 g/mol. The van der Waals surface area contributed by atoms with Crippen LogP contribution in [0, 0.1) is 0 Å². The highest BCUT2D eigenvalue weighted by Gasteiger charge is 2.23. The number of ether oxygens (including phenoxy) is 2. The van der Waals surface area contributed by atoms with Crippen molar-refractivity contribution in [2.45, 2.75) is 31.8 Å². The summed E-state index contributed by atoms with van der Waals surface area (Å²) in [6.07, 6.45) is 2.25. The van der Waals surface area contributed by atoms with Crippen LogP contribution in [0.1, 0.15) is 25.7 Å². The van der Waals surface area contributed by atoms with Gasteiger partial charge < -0.3 is 14.4 Å². The summed E-state index contributed by atoms with van der Waals surface area (Å²) in [7, 11) is 3.50. The molecule has 0 N–H and O–H groups in total. The topological polar surface area (TPSA) is 59.1 Å². The lowest BCUT2D eigenvalue weighted by Crippen LogP contribution is -2.43. The molecule has 150 valence electrons. The number of amides is 1. The molecule has 2 rings (SSSR count). The van der Waals surface area contributed by atoms with Crippen LogP contribution in [-0.2, 0) is 14.3 Å². The molecule has 0 atom stereocenters. The van der Waals surface area contributed by atoms with Gasteiger partial charge in [-0.15, -0.1) is 0 Å². The molecule has 6 nitrogen and oxygen atoms in total. The Balaban J connectivity index is 1.61. The lowest BCUT2D eigenvalue weighted by Gasteiger charge is -2.31. The van der Waals surface area contributed by atoms with Gasteiger partial charge in [0.25, 0.3) is 0 Å². The van der Waals surface area contributed by atoms with E-state index >= 15 is 0 Å². The van der Waals surface area contributed by atoms with Crippen LogP contribution in [0.25, 0.3) is 0 Å². The molecule has 1 heterocycles. The molecule has 0 unspecified atom stereocenters. The molecule has 0 radical (unpaired) electrons. The van der Waals surface area contributed by atoms with Crippen molar-refractivity contribution in [1.82, 2.24) is 9.80 Å². The van der Waals surface area contributed by atoms with Crippen molar-refractivity contribution < 1.29 is 19.1 Å². The number of likely N-dealkylation sites (N-methyl/N-ethyl adjacent to an activating group) is 1. The van der Waals surface area contributed by atoms with E-state index in [9.17, 15) is 9.59 Å². The molecule has 1 fully saturated rings. The summed E-state index contributed by atoms with van der Waals surface area (Å²) < 4.78 is 11.1. The predicted octanol–water partition coefficient (Wildman–Crippen LogP) is 3.25. The first kappa shape index (κ1) is 21.8. The summed E-state index contributed by atoms with van der Waals surface area (Å²) in [4.78, 5) is 27.4. The van der Waals surface area contributed by atoms with Crippen LogP contribution >= 0.6 is 23.2 Å². The van der Waals surface area contributed by atoms with Gasteiger partial charge in [-0.1, -0.05) is 29.3 Å². The van der Waals surface area contributed by atoms with Crippen molar-refractivity contribution in [2.24, 2.45) is 0 Å². The molecule has 1 aliphatic rings. The fourth-order valence-corrected chi connectivity index (χ4v) is 3.10. The lowest BCUT2D eigenvalue weighted by atomic mass is 10.1. The minimum atomic E-state index is -0.224. The number of hydrogen-bond donors (Lipinski definition) is 0. The molecule has 1 aromatic rings. The quantitative estimate of drug-likeness (QED) is 0.480. The van der Waals surface area contributed by atoms with Crippen molar-refractivity contribution in [3.05, 3.63) is 28.2 Å². The third kappa shape index (κ3) is 7.20. The first-order chi connectivity index (χ1) is 12.9. The highest BCUT2D eigenvalue weighted by atomic mass is 35.5. The summed E-state index contributed by atoms with van der Waals surface area (Å²) in [5.41, 5.74) is 0. The molecule has 1 aliphatic heterocycles. The van der Waals surface area contributed by atoms with Gasteiger partial charge in [-0.25, -0.2) is 0 Å². The molecule has 8 heteroatoms. The average molecular weight is 417 g/mol. The molecule has 1 saturated heterocycles. The van der Waals surface area contributed by atoms with Crippen LogP contribution in [0.3, 0.4) is 0 Å². The smallest absolute Gasteiger partial charge is 0.306 e. The van der Waals surface area contributed by atoms with Crippen LogP contribution in [0.15, 0.2) is 18.2 Å². The molecule has 1 aromatic carbocycles. The second kappa shape index (κ2) is 10.7. The second-order valence-electron chi connectivity index (χ2n) is 6.76. The number of hydrogen-bond acceptors (Lipinski definition) is 5. The van der Waals surface area contributed by atoms with Crippen molar-refractivity contribution >= 4 is 35.1 Å². The van der Waals surface area contributed by atoms with Crippen molar-refractivity contribution in [2.75, 3.05) is 40.3 Å². The normalized spacial score (nSPS) is 15.4. The molecule has 27 heavy (non-hydrogen) atoms. The molecule has 0 saturated carbocycles. The zero-order valence-corrected chi connectivity index (χ0v) is 17.3. The number of piperidine rings is 1. The minimum Gasteiger partial charge on any atom is -0.492 e. The van der Waals surface area contributed by atoms with Crippen LogP contribution in [-0.4, -0.2) is 68.1 Å². The van der Waals surface area contributed by atoms with Gasteiger partial charge in [0.2, 0.25) is 5.91 Å². The van der Waals surface area contributed by atoms with Gasteiger partial charge in [-0.3, -0.25) is 14.5 Å². The van der Waals surface area contributed by atoms with E-state index in [1.807, 2.05) is 0 Å². The van der Waals surface area contributed by atoms with E-state index in [1.165, 1.54) is 0 Å². The number of nitrogens with zero attached hydrogens (tertiary/aromatic N) is 2. The van der Waals surface area contributed by atoms with Crippen LogP contribution in [0.2, 0.25) is 10.0 Å². The Morgan fingerprint density at radius 1 is 1.22 bits per heavy atom. The minimum absolute atomic E-state index is 0.0773. The van der Waals surface area contributed by atoms with Gasteiger partial charge in [0.15, 0.2) is 0 Å². The van der Waals surface area contributed by atoms with Gasteiger partial charge in [0.05, 0.1) is 18.2 Å². The number of halogens is 2. The zero-order valence-electron chi connectivity index (χ0n) is 15.7. The summed E-state index contributed by atoms with van der Waals surface area (Å²) in [6, 6.07) is 5.19. The molecular formula is C19H26Cl2N2O4. The lowest BCUT2D eigenvalue weighted by molar-refractivity contribution is -0.152. The Kier molecular flexibility index (Phi) is 8.67. The Morgan fingerprint density at radius 3 is 2.59 bits per heavy atom. The predicted molar refractivity (Wildman–Crippen MR) is 105 cm³/mol. The number of benzene rings is 1. The highest BCUT2D eigenvalue weighted by Crippen LogP contribution is 2.31. The number of rotatable bonds is 8. The number of esters is 1. The Morgan fingerprint density at radius 2 is 1.93 bits per heavy atom. The maximum absolute atomic E-state index is 12.0. The van der Waals surface area contributed by atoms with E-state index in [2.05, 4.69) is 4.90 Å². The van der Waals surface area contributed by atoms with Crippen molar-refractivity contribution in [3.63, 3.8) is 0 Å². The Labute approximate surface area is 170 Å². The van der Waals surface area contributed by atoms with Gasteiger partial charge >= 0.3 is 5.97 Å². The molecular weight excluding hydrogens is 391 g/mol. The average Bonchev–Trinajstić information content (AvgIpc) is 2.63. The van der Waals surface area contributed by atoms with Gasteiger partial charge in [-0.05, 0) is 31.4 Å². The van der Waals surface area contributed by atoms with Gasteiger partial charge in [-0.2, -0.15) is 0 Å². The SMILES string of the molecule is CN(C)C(=O)CN1CCC(OC(=O)CCCOc2cccc(Cl)c2Cl)CC1. The van der Waals surface area contributed by atoms with E-state index in [-0.39, 0.29) is 24.4 Å². The summed E-state index contributed by atoms with van der Waals surface area (Å²) in [6.45, 7) is 2.29. The van der Waals surface area contributed by atoms with E-state index in [1.54, 1.807) is 37.2 Å². The van der Waals surface area contributed by atoms with Crippen LogP contribution in [0.4, 0.5) is 0 Å². The van der Waals surface area contributed by atoms with Crippen LogP contribution < -0.4 is 4.74 Å². The standard InChI is InChI=1S/C19H26Cl2N2O4/c1-22(2)17(24)13-23-10-8-14(9-11-23)27-18(25)7-4-12-26-16-6-3-5-15(20)19(16)21/h3,5-6,14H,4,7-13H2,1-2H3. The molecule has 0 aliphatic carbocycles. The summed E-state index contributed by atoms with van der Waals surface area (Å²) >= 11 is 12.0. The first-order valence-corrected chi connectivity index (χ1v) is 9.81. The Hall–Kier alpha value is -1.50.